The van der Waals surface area contributed by atoms with Crippen LogP contribution in [0.5, 0.6) is 0 Å². The number of alkyl halides is 1. The van der Waals surface area contributed by atoms with Gasteiger partial charge in [-0.1, -0.05) is 0 Å². The summed E-state index contributed by atoms with van der Waals surface area (Å²) in [5, 5.41) is 12.8. The first-order valence-corrected chi connectivity index (χ1v) is 6.07. The van der Waals surface area contributed by atoms with Gasteiger partial charge in [0.2, 0.25) is 5.91 Å². The van der Waals surface area contributed by atoms with Gasteiger partial charge in [0, 0.05) is 6.04 Å². The summed E-state index contributed by atoms with van der Waals surface area (Å²) >= 11 is 5.83. The van der Waals surface area contributed by atoms with Crippen molar-refractivity contribution in [2.45, 2.75) is 45.0 Å². The molecule has 0 bridgehead atoms. The third kappa shape index (κ3) is 2.30. The molecule has 1 aromatic heterocycles. The van der Waals surface area contributed by atoms with Crippen molar-refractivity contribution in [2.24, 2.45) is 0 Å². The standard InChI is InChI=1S/C11H16ClN3O2/c1-7-4-15-10(3-9(6-16)13-15)5-14(7)11(17)8(2)12/h3,7-8,16H,4-6H2,1-2H3/t7-,8-/m1/s1. The molecule has 0 saturated carbocycles. The Bertz CT molecular complexity index is 430. The quantitative estimate of drug-likeness (QED) is 0.795. The van der Waals surface area contributed by atoms with Gasteiger partial charge in [0.1, 0.15) is 5.38 Å². The number of hydrogen-bond acceptors (Lipinski definition) is 3. The van der Waals surface area contributed by atoms with Gasteiger partial charge in [-0.3, -0.25) is 9.48 Å². The van der Waals surface area contributed by atoms with Gasteiger partial charge in [-0.15, -0.1) is 11.6 Å². The van der Waals surface area contributed by atoms with Crippen LogP contribution in [0.3, 0.4) is 0 Å². The van der Waals surface area contributed by atoms with E-state index in [4.69, 9.17) is 16.7 Å². The van der Waals surface area contributed by atoms with E-state index >= 15 is 0 Å². The summed E-state index contributed by atoms with van der Waals surface area (Å²) in [5.41, 5.74) is 1.58. The third-order valence-electron chi connectivity index (χ3n) is 3.00. The van der Waals surface area contributed by atoms with E-state index in [1.807, 2.05) is 17.7 Å². The van der Waals surface area contributed by atoms with Crippen molar-refractivity contribution in [3.8, 4) is 0 Å². The van der Waals surface area contributed by atoms with Crippen LogP contribution in [-0.2, 0) is 24.5 Å². The molecule has 0 radical (unpaired) electrons. The van der Waals surface area contributed by atoms with E-state index in [-0.39, 0.29) is 18.6 Å². The molecule has 0 spiro atoms. The molecule has 0 fully saturated rings. The zero-order valence-corrected chi connectivity index (χ0v) is 10.7. The lowest BCUT2D eigenvalue weighted by molar-refractivity contribution is -0.134. The van der Waals surface area contributed by atoms with Crippen LogP contribution in [0.25, 0.3) is 0 Å². The molecule has 0 saturated heterocycles. The average molecular weight is 258 g/mol. The number of aromatic nitrogens is 2. The summed E-state index contributed by atoms with van der Waals surface area (Å²) in [7, 11) is 0. The summed E-state index contributed by atoms with van der Waals surface area (Å²) in [4.78, 5) is 13.7. The minimum atomic E-state index is -0.510. The lowest BCUT2D eigenvalue weighted by atomic mass is 10.2. The van der Waals surface area contributed by atoms with E-state index in [9.17, 15) is 4.79 Å². The van der Waals surface area contributed by atoms with Gasteiger partial charge in [0.05, 0.1) is 31.1 Å². The van der Waals surface area contributed by atoms with Crippen molar-refractivity contribution in [2.75, 3.05) is 0 Å². The van der Waals surface area contributed by atoms with Crippen LogP contribution in [0.15, 0.2) is 6.07 Å². The molecule has 6 heteroatoms. The lowest BCUT2D eigenvalue weighted by Crippen LogP contribution is -2.47. The number of fused-ring (bicyclic) bond motifs is 1. The Balaban J connectivity index is 2.23. The molecule has 1 N–H and O–H groups in total. The topological polar surface area (TPSA) is 58.4 Å². The normalized spacial score (nSPS) is 21.2. The van der Waals surface area contributed by atoms with E-state index in [0.717, 1.165) is 5.69 Å². The van der Waals surface area contributed by atoms with E-state index in [0.29, 0.717) is 18.8 Å². The number of aliphatic hydroxyl groups excluding tert-OH is 1. The largest absolute Gasteiger partial charge is 0.390 e. The van der Waals surface area contributed by atoms with Gasteiger partial charge in [0.25, 0.3) is 0 Å². The predicted octanol–water partition coefficient (Wildman–Crippen LogP) is 0.733. The Morgan fingerprint density at radius 2 is 2.47 bits per heavy atom. The third-order valence-corrected chi connectivity index (χ3v) is 3.19. The average Bonchev–Trinajstić information content (AvgIpc) is 2.68. The highest BCUT2D eigenvalue weighted by atomic mass is 35.5. The molecule has 0 aromatic carbocycles. The maximum absolute atomic E-state index is 11.9. The fraction of sp³-hybridized carbons (Fsp3) is 0.636. The smallest absolute Gasteiger partial charge is 0.240 e. The maximum atomic E-state index is 11.9. The summed E-state index contributed by atoms with van der Waals surface area (Å²) in [6, 6.07) is 1.90. The van der Waals surface area contributed by atoms with Crippen molar-refractivity contribution >= 4 is 17.5 Å². The summed E-state index contributed by atoms with van der Waals surface area (Å²) < 4.78 is 1.85. The molecule has 2 rings (SSSR count). The Kier molecular flexibility index (Phi) is 3.40. The number of aliphatic hydroxyl groups is 1. The van der Waals surface area contributed by atoms with Crippen molar-refractivity contribution in [3.05, 3.63) is 17.5 Å². The molecular formula is C11H16ClN3O2. The number of hydrogen-bond donors (Lipinski definition) is 1. The van der Waals surface area contributed by atoms with Crippen molar-refractivity contribution in [1.82, 2.24) is 14.7 Å². The van der Waals surface area contributed by atoms with Crippen molar-refractivity contribution < 1.29 is 9.90 Å². The highest BCUT2D eigenvalue weighted by molar-refractivity contribution is 6.30. The number of amides is 1. The molecule has 1 amide bonds. The minimum Gasteiger partial charge on any atom is -0.390 e. The van der Waals surface area contributed by atoms with Crippen LogP contribution in [0, 0.1) is 0 Å². The van der Waals surface area contributed by atoms with Crippen LogP contribution in [0.2, 0.25) is 0 Å². The molecule has 1 aliphatic rings. The van der Waals surface area contributed by atoms with Crippen LogP contribution in [0.4, 0.5) is 0 Å². The van der Waals surface area contributed by atoms with Gasteiger partial charge in [-0.05, 0) is 19.9 Å². The molecule has 2 heterocycles. The Morgan fingerprint density at radius 3 is 3.06 bits per heavy atom. The minimum absolute atomic E-state index is 0.0582. The number of nitrogens with zero attached hydrogens (tertiary/aromatic N) is 3. The van der Waals surface area contributed by atoms with Crippen LogP contribution >= 0.6 is 11.6 Å². The van der Waals surface area contributed by atoms with Crippen LogP contribution < -0.4 is 0 Å². The molecule has 5 nitrogen and oxygen atoms in total. The fourth-order valence-corrected chi connectivity index (χ4v) is 2.21. The molecule has 1 aliphatic heterocycles. The van der Waals surface area contributed by atoms with Crippen LogP contribution in [0.1, 0.15) is 25.2 Å². The van der Waals surface area contributed by atoms with Gasteiger partial charge in [-0.2, -0.15) is 5.10 Å². The Labute approximate surface area is 105 Å². The van der Waals surface area contributed by atoms with Crippen molar-refractivity contribution in [3.63, 3.8) is 0 Å². The molecule has 0 unspecified atom stereocenters. The monoisotopic (exact) mass is 257 g/mol. The first-order valence-electron chi connectivity index (χ1n) is 5.64. The van der Waals surface area contributed by atoms with E-state index in [1.54, 1.807) is 11.8 Å². The van der Waals surface area contributed by atoms with Gasteiger partial charge in [-0.25, -0.2) is 0 Å². The van der Waals surface area contributed by atoms with Crippen LogP contribution in [-0.4, -0.2) is 37.1 Å². The van der Waals surface area contributed by atoms with E-state index in [2.05, 4.69) is 5.10 Å². The SMILES string of the molecule is C[C@@H]1Cn2nc(CO)cc2CN1C(=O)[C@@H](C)Cl. The number of rotatable bonds is 2. The number of carbonyl (C=O) groups excluding carboxylic acids is 1. The second-order valence-electron chi connectivity index (χ2n) is 4.40. The predicted molar refractivity (Wildman–Crippen MR) is 63.5 cm³/mol. The Morgan fingerprint density at radius 1 is 1.76 bits per heavy atom. The maximum Gasteiger partial charge on any atom is 0.240 e. The highest BCUT2D eigenvalue weighted by Crippen LogP contribution is 2.20. The molecule has 2 atom stereocenters. The lowest BCUT2D eigenvalue weighted by Gasteiger charge is -2.34. The van der Waals surface area contributed by atoms with Gasteiger partial charge < -0.3 is 10.0 Å². The molecular weight excluding hydrogens is 242 g/mol. The van der Waals surface area contributed by atoms with Gasteiger partial charge >= 0.3 is 0 Å². The molecule has 17 heavy (non-hydrogen) atoms. The fourth-order valence-electron chi connectivity index (χ4n) is 2.08. The van der Waals surface area contributed by atoms with E-state index in [1.165, 1.54) is 0 Å². The van der Waals surface area contributed by atoms with E-state index < -0.39 is 5.38 Å². The second kappa shape index (κ2) is 4.66. The summed E-state index contributed by atoms with van der Waals surface area (Å²) in [5.74, 6) is -0.0582. The first kappa shape index (κ1) is 12.4. The molecule has 1 aromatic rings. The van der Waals surface area contributed by atoms with Crippen molar-refractivity contribution in [1.29, 1.82) is 0 Å². The zero-order valence-electron chi connectivity index (χ0n) is 9.93. The molecule has 0 aliphatic carbocycles. The zero-order chi connectivity index (χ0) is 12.6. The first-order chi connectivity index (χ1) is 8.02. The number of halogens is 1. The Hall–Kier alpha value is -1.07. The van der Waals surface area contributed by atoms with Gasteiger partial charge in [0.15, 0.2) is 0 Å². The number of carbonyl (C=O) groups is 1. The highest BCUT2D eigenvalue weighted by Gasteiger charge is 2.29. The molecule has 94 valence electrons. The summed E-state index contributed by atoms with van der Waals surface area (Å²) in [6.07, 6.45) is 0. The summed E-state index contributed by atoms with van der Waals surface area (Å²) in [6.45, 7) is 4.73. The second-order valence-corrected chi connectivity index (χ2v) is 5.05.